The summed E-state index contributed by atoms with van der Waals surface area (Å²) in [7, 11) is 1.73. The number of ether oxygens (including phenoxy) is 1. The second-order valence-electron chi connectivity index (χ2n) is 12.1. The molecule has 2 amide bonds. The van der Waals surface area contributed by atoms with Gasteiger partial charge in [0.05, 0.1) is 17.6 Å². The summed E-state index contributed by atoms with van der Waals surface area (Å²) in [6.07, 6.45) is 3.78. The van der Waals surface area contributed by atoms with Gasteiger partial charge in [-0.1, -0.05) is 48.5 Å². The van der Waals surface area contributed by atoms with Gasteiger partial charge in [0.2, 0.25) is 5.91 Å². The number of aliphatic hydroxyl groups is 1. The number of imidazole rings is 1. The van der Waals surface area contributed by atoms with Gasteiger partial charge in [0.15, 0.2) is 0 Å². The molecule has 238 valence electrons. The molecule has 1 aromatic heterocycles. The summed E-state index contributed by atoms with van der Waals surface area (Å²) < 4.78 is 7.61. The molecule has 0 radical (unpaired) electrons. The Morgan fingerprint density at radius 2 is 1.78 bits per heavy atom. The molecule has 0 bridgehead atoms. The third-order valence-electron chi connectivity index (χ3n) is 8.57. The number of aryl methyl sites for hydroxylation is 1. The average molecular weight is 612 g/mol. The molecular formula is C36H45N5O4. The lowest BCUT2D eigenvalue weighted by Gasteiger charge is -2.33. The minimum Gasteiger partial charge on any atom is -0.394 e. The van der Waals surface area contributed by atoms with Crippen LogP contribution in [-0.2, 0) is 22.5 Å². The molecule has 1 fully saturated rings. The number of amides is 2. The van der Waals surface area contributed by atoms with Crippen molar-refractivity contribution in [2.24, 2.45) is 5.73 Å². The maximum atomic E-state index is 13.4. The van der Waals surface area contributed by atoms with Crippen molar-refractivity contribution in [3.63, 3.8) is 0 Å². The third kappa shape index (κ3) is 8.16. The van der Waals surface area contributed by atoms with E-state index in [0.717, 1.165) is 65.9 Å². The van der Waals surface area contributed by atoms with Crippen molar-refractivity contribution >= 4 is 22.8 Å². The van der Waals surface area contributed by atoms with Crippen LogP contribution in [0.25, 0.3) is 22.2 Å². The van der Waals surface area contributed by atoms with Crippen molar-refractivity contribution in [3.05, 3.63) is 89.7 Å². The summed E-state index contributed by atoms with van der Waals surface area (Å²) in [5.74, 6) is 1.14. The third-order valence-corrected chi connectivity index (χ3v) is 8.57. The average Bonchev–Trinajstić information content (AvgIpc) is 3.43. The Balaban J connectivity index is 1.16. The molecule has 1 saturated heterocycles. The predicted octanol–water partition coefficient (Wildman–Crippen LogP) is 4.52. The molecular weight excluding hydrogens is 566 g/mol. The van der Waals surface area contributed by atoms with Gasteiger partial charge < -0.3 is 30.4 Å². The summed E-state index contributed by atoms with van der Waals surface area (Å²) in [6.45, 7) is 4.60. The Morgan fingerprint density at radius 1 is 1.07 bits per heavy atom. The lowest BCUT2D eigenvalue weighted by Crippen LogP contribution is -2.42. The van der Waals surface area contributed by atoms with Crippen LogP contribution < -0.4 is 11.1 Å². The highest BCUT2D eigenvalue weighted by molar-refractivity contribution is 5.94. The van der Waals surface area contributed by atoms with E-state index >= 15 is 0 Å². The molecule has 1 aliphatic heterocycles. The Labute approximate surface area is 265 Å². The smallest absolute Gasteiger partial charge is 0.251 e. The highest BCUT2D eigenvalue weighted by atomic mass is 16.5. The van der Waals surface area contributed by atoms with E-state index in [2.05, 4.69) is 22.0 Å². The lowest BCUT2D eigenvalue weighted by atomic mass is 9.95. The van der Waals surface area contributed by atoms with Crippen molar-refractivity contribution in [1.82, 2.24) is 19.8 Å². The fourth-order valence-electron chi connectivity index (χ4n) is 6.15. The number of para-hydroxylation sites is 2. The molecule has 5 rings (SSSR count). The van der Waals surface area contributed by atoms with Gasteiger partial charge >= 0.3 is 0 Å². The van der Waals surface area contributed by atoms with Gasteiger partial charge in [0, 0.05) is 63.3 Å². The summed E-state index contributed by atoms with van der Waals surface area (Å²) in [5, 5.41) is 11.9. The van der Waals surface area contributed by atoms with Crippen LogP contribution in [-0.4, -0.2) is 76.9 Å². The van der Waals surface area contributed by atoms with Crippen LogP contribution in [0.15, 0.2) is 72.8 Å². The molecule has 9 nitrogen and oxygen atoms in total. The van der Waals surface area contributed by atoms with Crippen LogP contribution in [0.3, 0.4) is 0 Å². The fourth-order valence-corrected chi connectivity index (χ4v) is 6.15. The minimum atomic E-state index is -0.296. The number of nitrogens with zero attached hydrogens (tertiary/aromatic N) is 3. The first-order valence-electron chi connectivity index (χ1n) is 15.9. The van der Waals surface area contributed by atoms with Crippen LogP contribution in [0.1, 0.15) is 60.3 Å². The normalized spacial score (nSPS) is 16.4. The maximum Gasteiger partial charge on any atom is 0.251 e. The largest absolute Gasteiger partial charge is 0.394 e. The summed E-state index contributed by atoms with van der Waals surface area (Å²) in [6, 6.07) is 23.3. The molecule has 4 aromatic rings. The second-order valence-corrected chi connectivity index (χ2v) is 12.1. The van der Waals surface area contributed by atoms with E-state index in [-0.39, 0.29) is 36.4 Å². The standard InChI is InChI=1S/C36H45N5O4/c1-25(24-42)38-36(44)29-16-14-28(15-17-29)27-12-10-26(11-13-27)21-31(37)22-34(43)40-18-5-7-30(23-40)35-39-32-8-3-4-9-33(32)41(35)19-6-20-45-2/h3-4,8-17,25,30-31,42H,5-7,18-24,37H2,1-2H3,(H,38,44)/t25-,30-,31-/m1/s1. The first-order chi connectivity index (χ1) is 21.9. The van der Waals surface area contributed by atoms with E-state index < -0.39 is 0 Å². The molecule has 3 aromatic carbocycles. The molecule has 4 N–H and O–H groups in total. The topological polar surface area (TPSA) is 123 Å². The zero-order chi connectivity index (χ0) is 31.8. The Morgan fingerprint density at radius 3 is 2.49 bits per heavy atom. The molecule has 0 spiro atoms. The zero-order valence-electron chi connectivity index (χ0n) is 26.3. The first-order valence-corrected chi connectivity index (χ1v) is 15.9. The van der Waals surface area contributed by atoms with E-state index in [9.17, 15) is 9.59 Å². The number of aromatic nitrogens is 2. The predicted molar refractivity (Wildman–Crippen MR) is 177 cm³/mol. The number of likely N-dealkylation sites (tertiary alicyclic amines) is 1. The Hall–Kier alpha value is -4.05. The first kappa shape index (κ1) is 32.3. The van der Waals surface area contributed by atoms with Crippen molar-refractivity contribution in [3.8, 4) is 11.1 Å². The molecule has 0 unspecified atom stereocenters. The lowest BCUT2D eigenvalue weighted by molar-refractivity contribution is -0.132. The second kappa shape index (κ2) is 15.3. The van der Waals surface area contributed by atoms with Crippen LogP contribution in [0.5, 0.6) is 0 Å². The summed E-state index contributed by atoms with van der Waals surface area (Å²) >= 11 is 0. The van der Waals surface area contributed by atoms with Crippen molar-refractivity contribution in [2.45, 2.75) is 63.6 Å². The number of fused-ring (bicyclic) bond motifs is 1. The van der Waals surface area contributed by atoms with E-state index in [1.807, 2.05) is 53.4 Å². The molecule has 1 aliphatic rings. The van der Waals surface area contributed by atoms with E-state index in [4.69, 9.17) is 20.6 Å². The Bertz CT molecular complexity index is 1570. The van der Waals surface area contributed by atoms with Gasteiger partial charge in [-0.25, -0.2) is 4.98 Å². The quantitative estimate of drug-likeness (QED) is 0.191. The Kier molecular flexibility index (Phi) is 11.0. The van der Waals surface area contributed by atoms with E-state index in [0.29, 0.717) is 31.6 Å². The number of nitrogens with one attached hydrogen (secondary N) is 1. The van der Waals surface area contributed by atoms with Crippen molar-refractivity contribution in [2.75, 3.05) is 33.4 Å². The molecule has 0 saturated carbocycles. The number of aliphatic hydroxyl groups excluding tert-OH is 1. The molecule has 2 heterocycles. The van der Waals surface area contributed by atoms with Crippen LogP contribution in [0.2, 0.25) is 0 Å². The number of methoxy groups -OCH3 is 1. The summed E-state index contributed by atoms with van der Waals surface area (Å²) in [4.78, 5) is 32.7. The van der Waals surface area contributed by atoms with Crippen LogP contribution >= 0.6 is 0 Å². The van der Waals surface area contributed by atoms with Crippen molar-refractivity contribution in [1.29, 1.82) is 0 Å². The number of carbonyl (C=O) groups excluding carboxylic acids is 2. The number of hydrogen-bond acceptors (Lipinski definition) is 6. The van der Waals surface area contributed by atoms with Crippen LogP contribution in [0.4, 0.5) is 0 Å². The number of nitrogens with two attached hydrogens (primary N) is 1. The van der Waals surface area contributed by atoms with Gasteiger partial charge in [-0.15, -0.1) is 0 Å². The molecule has 45 heavy (non-hydrogen) atoms. The SMILES string of the molecule is COCCCn1c([C@@H]2CCCN(C(=O)C[C@H](N)Cc3ccc(-c4ccc(C(=O)N[C@H](C)CO)cc4)cc3)C2)nc2ccccc21. The van der Waals surface area contributed by atoms with Gasteiger partial charge in [-0.2, -0.15) is 0 Å². The number of benzene rings is 3. The van der Waals surface area contributed by atoms with Gasteiger partial charge in [-0.3, -0.25) is 9.59 Å². The zero-order valence-corrected chi connectivity index (χ0v) is 26.3. The van der Waals surface area contributed by atoms with Crippen LogP contribution in [0, 0.1) is 0 Å². The highest BCUT2D eigenvalue weighted by Crippen LogP contribution is 2.30. The number of rotatable bonds is 13. The monoisotopic (exact) mass is 611 g/mol. The minimum absolute atomic E-state index is 0.100. The highest BCUT2D eigenvalue weighted by Gasteiger charge is 2.29. The summed E-state index contributed by atoms with van der Waals surface area (Å²) in [5.41, 5.74) is 12.3. The van der Waals surface area contributed by atoms with Gasteiger partial charge in [0.1, 0.15) is 5.82 Å². The number of hydrogen-bond donors (Lipinski definition) is 3. The maximum absolute atomic E-state index is 13.4. The molecule has 9 heteroatoms. The molecule has 0 aliphatic carbocycles. The number of carbonyl (C=O) groups is 2. The van der Waals surface area contributed by atoms with Gasteiger partial charge in [-0.05, 0) is 73.6 Å². The molecule has 3 atom stereocenters. The van der Waals surface area contributed by atoms with Gasteiger partial charge in [0.25, 0.3) is 5.91 Å². The number of piperidine rings is 1. The van der Waals surface area contributed by atoms with E-state index in [1.54, 1.807) is 26.2 Å². The van der Waals surface area contributed by atoms with E-state index in [1.165, 1.54) is 0 Å². The fraction of sp³-hybridized carbons (Fsp3) is 0.417. The van der Waals surface area contributed by atoms with Crippen molar-refractivity contribution < 1.29 is 19.4 Å².